The molecule has 0 aliphatic heterocycles. The van der Waals surface area contributed by atoms with Crippen LogP contribution in [0.4, 0.5) is 0 Å². The molecule has 0 aromatic heterocycles. The third kappa shape index (κ3) is 4.95. The highest BCUT2D eigenvalue weighted by Crippen LogP contribution is 2.36. The molecule has 0 heterocycles. The summed E-state index contributed by atoms with van der Waals surface area (Å²) in [6, 6.07) is 9.58. The van der Waals surface area contributed by atoms with Gasteiger partial charge in [-0.2, -0.15) is 0 Å². The van der Waals surface area contributed by atoms with Crippen molar-refractivity contribution in [2.24, 2.45) is 0 Å². The van der Waals surface area contributed by atoms with Crippen molar-refractivity contribution < 1.29 is 32.1 Å². The monoisotopic (exact) mass is 397 g/mol. The molecule has 0 radical (unpaired) electrons. The molecule has 2 rings (SSSR count). The summed E-state index contributed by atoms with van der Waals surface area (Å²) >= 11 is 0. The van der Waals surface area contributed by atoms with Crippen LogP contribution in [-0.2, 0) is 10.0 Å². The van der Waals surface area contributed by atoms with Crippen molar-refractivity contribution in [1.82, 2.24) is 4.72 Å². The number of methoxy groups -OCH3 is 4. The first-order valence-corrected chi connectivity index (χ1v) is 9.50. The van der Waals surface area contributed by atoms with Gasteiger partial charge >= 0.3 is 0 Å². The van der Waals surface area contributed by atoms with Crippen molar-refractivity contribution in [3.05, 3.63) is 36.4 Å². The average molecular weight is 397 g/mol. The number of ether oxygens (including phenoxy) is 5. The number of benzene rings is 2. The van der Waals surface area contributed by atoms with Crippen LogP contribution in [0.3, 0.4) is 0 Å². The van der Waals surface area contributed by atoms with E-state index in [9.17, 15) is 8.42 Å². The van der Waals surface area contributed by atoms with Crippen molar-refractivity contribution in [2.45, 2.75) is 4.90 Å². The molecule has 1 N–H and O–H groups in total. The molecule has 0 saturated heterocycles. The molecule has 0 amide bonds. The van der Waals surface area contributed by atoms with Gasteiger partial charge < -0.3 is 23.7 Å². The highest BCUT2D eigenvalue weighted by Gasteiger charge is 2.17. The van der Waals surface area contributed by atoms with E-state index in [1.807, 2.05) is 0 Å². The molecule has 0 unspecified atom stereocenters. The van der Waals surface area contributed by atoms with Gasteiger partial charge in [0, 0.05) is 12.6 Å². The Labute approximate surface area is 159 Å². The van der Waals surface area contributed by atoms with Gasteiger partial charge in [-0.25, -0.2) is 13.1 Å². The third-order valence-corrected chi connectivity index (χ3v) is 5.14. The Morgan fingerprint density at radius 3 is 2.11 bits per heavy atom. The van der Waals surface area contributed by atoms with Gasteiger partial charge in [0.25, 0.3) is 0 Å². The number of para-hydroxylation sites is 1. The van der Waals surface area contributed by atoms with Gasteiger partial charge in [0.05, 0.1) is 33.3 Å². The lowest BCUT2D eigenvalue weighted by Crippen LogP contribution is -2.28. The molecule has 0 atom stereocenters. The standard InChI is InChI=1S/C18H23NO7S/c1-22-14-9-8-13(12-17(14)24-3)27(20,21)19-10-11-26-16-7-5-6-15(23-2)18(16)25-4/h5-9,12,19H,10-11H2,1-4H3. The molecule has 8 nitrogen and oxygen atoms in total. The summed E-state index contributed by atoms with van der Waals surface area (Å²) in [7, 11) is 2.23. The Morgan fingerprint density at radius 1 is 0.815 bits per heavy atom. The molecule has 0 spiro atoms. The van der Waals surface area contributed by atoms with E-state index in [2.05, 4.69) is 4.72 Å². The van der Waals surface area contributed by atoms with Crippen molar-refractivity contribution in [2.75, 3.05) is 41.6 Å². The van der Waals surface area contributed by atoms with Gasteiger partial charge in [-0.3, -0.25) is 0 Å². The zero-order valence-corrected chi connectivity index (χ0v) is 16.5. The predicted molar refractivity (Wildman–Crippen MR) is 99.8 cm³/mol. The van der Waals surface area contributed by atoms with Gasteiger partial charge in [0.1, 0.15) is 6.61 Å². The van der Waals surface area contributed by atoms with Crippen molar-refractivity contribution in [1.29, 1.82) is 0 Å². The second kappa shape index (κ2) is 9.33. The Kier molecular flexibility index (Phi) is 7.14. The predicted octanol–water partition coefficient (Wildman–Crippen LogP) is 2.08. The van der Waals surface area contributed by atoms with Crippen LogP contribution < -0.4 is 28.4 Å². The van der Waals surface area contributed by atoms with E-state index in [-0.39, 0.29) is 18.0 Å². The fraction of sp³-hybridized carbons (Fsp3) is 0.333. The summed E-state index contributed by atoms with van der Waals surface area (Å²) in [6.45, 7) is 0.174. The van der Waals surface area contributed by atoms with Crippen LogP contribution in [0.2, 0.25) is 0 Å². The fourth-order valence-electron chi connectivity index (χ4n) is 2.38. The van der Waals surface area contributed by atoms with Crippen molar-refractivity contribution >= 4 is 10.0 Å². The lowest BCUT2D eigenvalue weighted by molar-refractivity contribution is 0.287. The van der Waals surface area contributed by atoms with E-state index >= 15 is 0 Å². The van der Waals surface area contributed by atoms with Gasteiger partial charge in [-0.05, 0) is 24.3 Å². The molecule has 2 aromatic carbocycles. The normalized spacial score (nSPS) is 11.0. The first-order valence-electron chi connectivity index (χ1n) is 8.02. The smallest absolute Gasteiger partial charge is 0.240 e. The van der Waals surface area contributed by atoms with Crippen LogP contribution >= 0.6 is 0 Å². The van der Waals surface area contributed by atoms with E-state index < -0.39 is 10.0 Å². The second-order valence-electron chi connectivity index (χ2n) is 5.25. The van der Waals surface area contributed by atoms with Crippen LogP contribution in [0, 0.1) is 0 Å². The first kappa shape index (κ1) is 20.7. The van der Waals surface area contributed by atoms with Crippen LogP contribution in [0.5, 0.6) is 28.7 Å². The molecule has 27 heavy (non-hydrogen) atoms. The van der Waals surface area contributed by atoms with Gasteiger partial charge in [-0.15, -0.1) is 0 Å². The summed E-state index contributed by atoms with van der Waals surface area (Å²) in [4.78, 5) is 0.0686. The molecule has 0 fully saturated rings. The summed E-state index contributed by atoms with van der Waals surface area (Å²) in [6.07, 6.45) is 0. The highest BCUT2D eigenvalue weighted by molar-refractivity contribution is 7.89. The van der Waals surface area contributed by atoms with Crippen molar-refractivity contribution in [3.8, 4) is 28.7 Å². The Morgan fingerprint density at radius 2 is 1.48 bits per heavy atom. The summed E-state index contributed by atoms with van der Waals surface area (Å²) in [5.41, 5.74) is 0. The molecule has 0 aliphatic carbocycles. The summed E-state index contributed by atoms with van der Waals surface area (Å²) < 4.78 is 53.6. The molecular weight excluding hydrogens is 374 g/mol. The zero-order chi connectivity index (χ0) is 19.9. The second-order valence-corrected chi connectivity index (χ2v) is 7.02. The average Bonchev–Trinajstić information content (AvgIpc) is 2.70. The van der Waals surface area contributed by atoms with E-state index in [4.69, 9.17) is 23.7 Å². The number of nitrogens with one attached hydrogen (secondary N) is 1. The highest BCUT2D eigenvalue weighted by atomic mass is 32.2. The summed E-state index contributed by atoms with van der Waals surface area (Å²) in [5.74, 6) is 2.22. The van der Waals surface area contributed by atoms with Gasteiger partial charge in [-0.1, -0.05) is 6.07 Å². The molecule has 148 valence electrons. The maximum Gasteiger partial charge on any atom is 0.240 e. The Bertz CT molecular complexity index is 868. The maximum absolute atomic E-state index is 12.4. The number of rotatable bonds is 10. The number of hydrogen-bond donors (Lipinski definition) is 1. The van der Waals surface area contributed by atoms with Crippen LogP contribution in [0.25, 0.3) is 0 Å². The Balaban J connectivity index is 2.01. The van der Waals surface area contributed by atoms with Gasteiger partial charge in [0.15, 0.2) is 23.0 Å². The SMILES string of the molecule is COc1ccc(S(=O)(=O)NCCOc2cccc(OC)c2OC)cc1OC. The fourth-order valence-corrected chi connectivity index (χ4v) is 3.40. The van der Waals surface area contributed by atoms with E-state index in [0.717, 1.165) is 0 Å². The first-order chi connectivity index (χ1) is 13.0. The van der Waals surface area contributed by atoms with Gasteiger partial charge in [0.2, 0.25) is 15.8 Å². The van der Waals surface area contributed by atoms with E-state index in [1.165, 1.54) is 46.6 Å². The zero-order valence-electron chi connectivity index (χ0n) is 15.6. The topological polar surface area (TPSA) is 92.3 Å². The third-order valence-electron chi connectivity index (χ3n) is 3.68. The maximum atomic E-state index is 12.4. The lowest BCUT2D eigenvalue weighted by Gasteiger charge is -2.14. The van der Waals surface area contributed by atoms with Crippen LogP contribution in [0.1, 0.15) is 0 Å². The molecule has 2 aromatic rings. The minimum atomic E-state index is -3.72. The van der Waals surface area contributed by atoms with Crippen molar-refractivity contribution in [3.63, 3.8) is 0 Å². The molecular formula is C18H23NO7S. The van der Waals surface area contributed by atoms with Crippen LogP contribution in [-0.4, -0.2) is 50.0 Å². The minimum Gasteiger partial charge on any atom is -0.493 e. The van der Waals surface area contributed by atoms with Crippen LogP contribution in [0.15, 0.2) is 41.3 Å². The Hall–Kier alpha value is -2.65. The molecule has 0 aliphatic rings. The number of sulfonamides is 1. The lowest BCUT2D eigenvalue weighted by atomic mass is 10.3. The quantitative estimate of drug-likeness (QED) is 0.614. The number of hydrogen-bond acceptors (Lipinski definition) is 7. The minimum absolute atomic E-state index is 0.0665. The molecule has 0 bridgehead atoms. The largest absolute Gasteiger partial charge is 0.493 e. The summed E-state index contributed by atoms with van der Waals surface area (Å²) in [5, 5.41) is 0. The van der Waals surface area contributed by atoms with E-state index in [1.54, 1.807) is 18.2 Å². The molecule has 9 heteroatoms. The molecule has 0 saturated carbocycles. The van der Waals surface area contributed by atoms with E-state index in [0.29, 0.717) is 28.7 Å².